The highest BCUT2D eigenvalue weighted by molar-refractivity contribution is 5.70. The molecular weight excluding hydrogens is 584 g/mol. The first-order valence-corrected chi connectivity index (χ1v) is 21.1. The fraction of sp³-hybridized carbons (Fsp3) is 0.952. The van der Waals surface area contributed by atoms with Crippen LogP contribution in [0.1, 0.15) is 239 Å². The maximum absolute atomic E-state index is 12.2. The van der Waals surface area contributed by atoms with Crippen molar-refractivity contribution in [3.8, 4) is 0 Å². The van der Waals surface area contributed by atoms with E-state index in [4.69, 9.17) is 9.47 Å². The van der Waals surface area contributed by atoms with Gasteiger partial charge in [0, 0.05) is 12.8 Å². The van der Waals surface area contributed by atoms with Crippen molar-refractivity contribution in [3.63, 3.8) is 0 Å². The van der Waals surface area contributed by atoms with Gasteiger partial charge >= 0.3 is 11.9 Å². The van der Waals surface area contributed by atoms with Gasteiger partial charge in [0.1, 0.15) is 6.61 Å². The lowest BCUT2D eigenvalue weighted by atomic mass is 10.0. The zero-order valence-corrected chi connectivity index (χ0v) is 31.8. The summed E-state index contributed by atoms with van der Waals surface area (Å²) < 4.78 is 10.6. The summed E-state index contributed by atoms with van der Waals surface area (Å²) >= 11 is 0. The molecule has 47 heavy (non-hydrogen) atoms. The van der Waals surface area contributed by atoms with Crippen LogP contribution in [0.4, 0.5) is 0 Å². The minimum atomic E-state index is -0.761. The van der Waals surface area contributed by atoms with Gasteiger partial charge in [-0.1, -0.05) is 213 Å². The summed E-state index contributed by atoms with van der Waals surface area (Å²) in [6, 6.07) is 0. The van der Waals surface area contributed by atoms with Crippen LogP contribution in [0, 0.1) is 0 Å². The number of carbonyl (C=O) groups is 2. The van der Waals surface area contributed by atoms with Gasteiger partial charge in [0.2, 0.25) is 0 Å². The lowest BCUT2D eigenvalue weighted by molar-refractivity contribution is -0.161. The van der Waals surface area contributed by atoms with Gasteiger partial charge in [-0.25, -0.2) is 0 Å². The van der Waals surface area contributed by atoms with Gasteiger partial charge in [-0.15, -0.1) is 0 Å². The Morgan fingerprint density at radius 1 is 0.404 bits per heavy atom. The molecule has 0 unspecified atom stereocenters. The Labute approximate surface area is 293 Å². The largest absolute Gasteiger partial charge is 0.462 e. The number of esters is 2. The molecule has 0 rings (SSSR count). The van der Waals surface area contributed by atoms with Crippen LogP contribution in [0.2, 0.25) is 0 Å². The quantitative estimate of drug-likeness (QED) is 0.0522. The van der Waals surface area contributed by atoms with Crippen molar-refractivity contribution >= 4 is 11.9 Å². The van der Waals surface area contributed by atoms with Gasteiger partial charge in [-0.05, 0) is 12.8 Å². The Kier molecular flexibility index (Phi) is 38.4. The molecule has 1 atom stereocenters. The van der Waals surface area contributed by atoms with Crippen molar-refractivity contribution in [2.45, 2.75) is 245 Å². The monoisotopic (exact) mass is 667 g/mol. The summed E-state index contributed by atoms with van der Waals surface area (Å²) in [5, 5.41) is 9.55. The number of unbranched alkanes of at least 4 members (excludes halogenated alkanes) is 31. The maximum atomic E-state index is 12.2. The number of hydrogen-bond acceptors (Lipinski definition) is 5. The molecule has 0 aromatic carbocycles. The number of aliphatic hydroxyl groups is 1. The average Bonchev–Trinajstić information content (AvgIpc) is 3.07. The van der Waals surface area contributed by atoms with E-state index in [1.807, 2.05) is 0 Å². The lowest BCUT2D eigenvalue weighted by Gasteiger charge is -2.15. The molecule has 0 bridgehead atoms. The molecule has 0 spiro atoms. The van der Waals surface area contributed by atoms with Gasteiger partial charge in [0.15, 0.2) is 6.10 Å². The van der Waals surface area contributed by atoms with E-state index in [1.54, 1.807) is 0 Å². The molecule has 0 aromatic heterocycles. The van der Waals surface area contributed by atoms with Crippen molar-refractivity contribution in [1.82, 2.24) is 0 Å². The van der Waals surface area contributed by atoms with E-state index >= 15 is 0 Å². The number of aliphatic hydroxyl groups excluding tert-OH is 1. The Morgan fingerprint density at radius 3 is 0.936 bits per heavy atom. The third-order valence-corrected chi connectivity index (χ3v) is 9.65. The highest BCUT2D eigenvalue weighted by Gasteiger charge is 2.16. The van der Waals surface area contributed by atoms with Crippen LogP contribution >= 0.6 is 0 Å². The number of hydrogen-bond donors (Lipinski definition) is 1. The van der Waals surface area contributed by atoms with Crippen molar-refractivity contribution < 1.29 is 24.2 Å². The molecule has 0 aromatic rings. The first-order valence-electron chi connectivity index (χ1n) is 21.1. The molecule has 0 radical (unpaired) electrons. The first-order chi connectivity index (χ1) is 23.1. The molecule has 0 amide bonds. The van der Waals surface area contributed by atoms with Crippen LogP contribution in [0.3, 0.4) is 0 Å². The Balaban J connectivity index is 3.43. The predicted molar refractivity (Wildman–Crippen MR) is 201 cm³/mol. The van der Waals surface area contributed by atoms with Crippen LogP contribution in [0.15, 0.2) is 0 Å². The molecule has 0 aliphatic rings. The number of ether oxygens (including phenoxy) is 2. The summed E-state index contributed by atoms with van der Waals surface area (Å²) in [7, 11) is 0. The second-order valence-corrected chi connectivity index (χ2v) is 14.4. The van der Waals surface area contributed by atoms with Crippen molar-refractivity contribution in [2.75, 3.05) is 13.2 Å². The standard InChI is InChI=1S/C42H82O5/c1-3-5-7-9-11-13-15-16-17-18-19-20-21-22-23-24-25-27-29-31-33-35-37-42(45)47-40(38-43)39-46-41(44)36-34-32-30-28-26-14-12-10-8-6-4-2/h40,43H,3-39H2,1-2H3/t40-/m0/s1. The minimum Gasteiger partial charge on any atom is -0.462 e. The van der Waals surface area contributed by atoms with Crippen molar-refractivity contribution in [3.05, 3.63) is 0 Å². The van der Waals surface area contributed by atoms with Gasteiger partial charge in [0.05, 0.1) is 6.61 Å². The zero-order chi connectivity index (χ0) is 34.3. The van der Waals surface area contributed by atoms with E-state index in [0.717, 1.165) is 32.1 Å². The number of carbonyl (C=O) groups excluding carboxylic acids is 2. The molecule has 0 saturated heterocycles. The smallest absolute Gasteiger partial charge is 0.306 e. The zero-order valence-electron chi connectivity index (χ0n) is 31.8. The summed E-state index contributed by atoms with van der Waals surface area (Å²) in [6.07, 6.45) is 43.2. The van der Waals surface area contributed by atoms with Crippen LogP contribution in [-0.4, -0.2) is 36.4 Å². The van der Waals surface area contributed by atoms with Crippen molar-refractivity contribution in [2.24, 2.45) is 0 Å². The highest BCUT2D eigenvalue weighted by Crippen LogP contribution is 2.16. The van der Waals surface area contributed by atoms with E-state index in [0.29, 0.717) is 12.8 Å². The van der Waals surface area contributed by atoms with Gasteiger partial charge in [0.25, 0.3) is 0 Å². The third-order valence-electron chi connectivity index (χ3n) is 9.65. The van der Waals surface area contributed by atoms with Gasteiger partial charge < -0.3 is 14.6 Å². The molecule has 5 heteroatoms. The Morgan fingerprint density at radius 2 is 0.660 bits per heavy atom. The SMILES string of the molecule is CCCCCCCCCCCCCCCCCCCCCCCCC(=O)O[C@@H](CO)COC(=O)CCCCCCCCCCCCC. The predicted octanol–water partition coefficient (Wildman–Crippen LogP) is 13.1. The normalized spacial score (nSPS) is 12.0. The van der Waals surface area contributed by atoms with Gasteiger partial charge in [-0.3, -0.25) is 9.59 Å². The highest BCUT2D eigenvalue weighted by atomic mass is 16.6. The summed E-state index contributed by atoms with van der Waals surface area (Å²) in [5.41, 5.74) is 0. The first kappa shape index (κ1) is 45.9. The molecular formula is C42H82O5. The fourth-order valence-electron chi connectivity index (χ4n) is 6.44. The van der Waals surface area contributed by atoms with E-state index in [-0.39, 0.29) is 25.2 Å². The topological polar surface area (TPSA) is 72.8 Å². The molecule has 0 saturated carbocycles. The molecule has 0 fully saturated rings. The van der Waals surface area contributed by atoms with Crippen LogP contribution in [0.25, 0.3) is 0 Å². The van der Waals surface area contributed by atoms with Crippen LogP contribution in [-0.2, 0) is 19.1 Å². The van der Waals surface area contributed by atoms with E-state index < -0.39 is 6.10 Å². The van der Waals surface area contributed by atoms with Crippen LogP contribution < -0.4 is 0 Å². The second-order valence-electron chi connectivity index (χ2n) is 14.4. The van der Waals surface area contributed by atoms with Crippen molar-refractivity contribution in [1.29, 1.82) is 0 Å². The van der Waals surface area contributed by atoms with Crippen LogP contribution in [0.5, 0.6) is 0 Å². The lowest BCUT2D eigenvalue weighted by Crippen LogP contribution is -2.28. The molecule has 0 aliphatic heterocycles. The minimum absolute atomic E-state index is 0.0571. The molecule has 280 valence electrons. The summed E-state index contributed by atoms with van der Waals surface area (Å²) in [4.78, 5) is 24.2. The summed E-state index contributed by atoms with van der Waals surface area (Å²) in [5.74, 6) is -0.575. The molecule has 0 heterocycles. The molecule has 5 nitrogen and oxygen atoms in total. The summed E-state index contributed by atoms with van der Waals surface area (Å²) in [6.45, 7) is 4.16. The second kappa shape index (κ2) is 39.3. The fourth-order valence-corrected chi connectivity index (χ4v) is 6.44. The average molecular weight is 667 g/mol. The van der Waals surface area contributed by atoms with Gasteiger partial charge in [-0.2, -0.15) is 0 Å². The Bertz CT molecular complexity index is 637. The van der Waals surface area contributed by atoms with E-state index in [9.17, 15) is 14.7 Å². The molecule has 0 aliphatic carbocycles. The maximum Gasteiger partial charge on any atom is 0.306 e. The third kappa shape index (κ3) is 37.6. The Hall–Kier alpha value is -1.10. The van der Waals surface area contributed by atoms with E-state index in [1.165, 1.54) is 180 Å². The van der Waals surface area contributed by atoms with E-state index in [2.05, 4.69) is 13.8 Å². The molecule has 1 N–H and O–H groups in total. The number of rotatable bonds is 39.